The van der Waals surface area contributed by atoms with E-state index >= 15 is 0 Å². The molecule has 0 aromatic heterocycles. The molecule has 4 unspecified atom stereocenters. The molecular formula is C27H57BN2O7Y21-8. The van der Waals surface area contributed by atoms with E-state index in [9.17, 15) is 5.11 Å². The Morgan fingerprint density at radius 2 is 0.897 bits per heavy atom. The summed E-state index contributed by atoms with van der Waals surface area (Å²) in [6.07, 6.45) is -3.51. The maximum atomic E-state index is 10.2. The Labute approximate surface area is 891 Å². The number of ether oxygens (including phenoxy) is 3. The molecule has 291 valence electrons. The van der Waals surface area contributed by atoms with Gasteiger partial charge in [0, 0.05) is 706 Å². The van der Waals surface area contributed by atoms with E-state index in [-0.39, 0.29) is 734 Å². The van der Waals surface area contributed by atoms with Gasteiger partial charge in [0.1, 0.15) is 14.1 Å². The third-order valence-corrected chi connectivity index (χ3v) is 4.69. The van der Waals surface area contributed by atoms with E-state index in [4.69, 9.17) is 50.2 Å². The van der Waals surface area contributed by atoms with Gasteiger partial charge in [0.15, 0.2) is 0 Å². The van der Waals surface area contributed by atoms with Crippen LogP contribution in [0, 0.1) is 54.9 Å². The van der Waals surface area contributed by atoms with E-state index in [1.54, 1.807) is 20.8 Å². The van der Waals surface area contributed by atoms with Crippen molar-refractivity contribution in [3.63, 3.8) is 0 Å². The van der Waals surface area contributed by atoms with E-state index in [1.807, 2.05) is 20.8 Å². The van der Waals surface area contributed by atoms with Gasteiger partial charge in [0.2, 0.25) is 0 Å². The molecule has 9 nitrogen and oxygen atoms in total. The molecule has 13 atom stereocenters. The van der Waals surface area contributed by atoms with E-state index in [0.717, 1.165) is 6.42 Å². The second kappa shape index (κ2) is 118. The van der Waals surface area contributed by atoms with Crippen molar-refractivity contribution in [3.05, 3.63) is 54.5 Å². The molecule has 23 radical (unpaired) electrons. The van der Waals surface area contributed by atoms with E-state index in [2.05, 4.69) is 20.8 Å². The number of aliphatic hydroxyl groups is 4. The van der Waals surface area contributed by atoms with E-state index < -0.39 is 61.3 Å². The Kier molecular flexibility index (Phi) is 336. The molecule has 2 aliphatic heterocycles. The van der Waals surface area contributed by atoms with Gasteiger partial charge in [-0.25, -0.2) is 0 Å². The summed E-state index contributed by atoms with van der Waals surface area (Å²) in [6.45, 7) is 20.1. The van der Waals surface area contributed by atoms with Crippen LogP contribution in [0.25, 0.3) is 11.5 Å². The maximum absolute atomic E-state index is 10.2. The van der Waals surface area contributed by atoms with Crippen LogP contribution in [0.15, 0.2) is 0 Å². The van der Waals surface area contributed by atoms with Crippen molar-refractivity contribution in [2.45, 2.75) is 115 Å². The Bertz CT molecular complexity index is 555. The van der Waals surface area contributed by atoms with Gasteiger partial charge < -0.3 is 89.2 Å². The fourth-order valence-electron chi connectivity index (χ4n) is 3.07. The maximum Gasteiger partial charge on any atom is 0.144 e. The number of hydrogen-bond acceptors (Lipinski definition) is 7. The topological polar surface area (TPSA) is 156 Å². The zero-order chi connectivity index (χ0) is 28.0. The van der Waals surface area contributed by atoms with Crippen molar-refractivity contribution < 1.29 is 723 Å². The van der Waals surface area contributed by atoms with Crippen molar-refractivity contribution in [2.75, 3.05) is 6.61 Å². The monoisotopic (exact) mass is 2400 g/mol. The van der Waals surface area contributed by atoms with Crippen LogP contribution < -0.4 is 0 Å². The molecule has 2 saturated heterocycles. The number of aliphatic hydroxyl groups excluding tert-OH is 4. The second-order valence-corrected chi connectivity index (χ2v) is 8.92. The van der Waals surface area contributed by atoms with Crippen LogP contribution in [0.2, 0.25) is 0 Å². The van der Waals surface area contributed by atoms with Gasteiger partial charge in [0.25, 0.3) is 0 Å². The summed E-state index contributed by atoms with van der Waals surface area (Å²) in [7, 11) is 5.78. The molecule has 58 heavy (non-hydrogen) atoms. The first-order valence-electron chi connectivity index (χ1n) is 12.3. The normalized spacial score (nSPS) is 23.7. The SMILES string of the molecule is [2H][C@@H]1C(CO[C@@H]2OC(CC)[C@@H](C)[C@H](O)C2[NH-])O[C@H]([B])C([NH-])[C@H]1C.[CH2-][C@@H](C)O.[CH2-][C@@H](C)O.[CH2-][C@@H](C)O.[CH3-].[CH3-].[CH3-].[Y].[Y].[Y].[Y].[Y].[Y].[Y].[Y].[Y].[Y].[Y].[Y].[Y].[Y].[Y].[Y].[Y].[Y].[Y].[Y].[Y]. The molecule has 0 amide bonds. The van der Waals surface area contributed by atoms with Gasteiger partial charge in [0.05, 0.1) is 18.8 Å². The predicted octanol–water partition coefficient (Wildman–Crippen LogP) is 3.80. The zero-order valence-electron chi connectivity index (χ0n) is 37.8. The summed E-state index contributed by atoms with van der Waals surface area (Å²) in [5.41, 5.74) is 15.9. The third-order valence-electron chi connectivity index (χ3n) is 4.69. The number of hydrogen-bond donors (Lipinski definition) is 4. The quantitative estimate of drug-likeness (QED) is 0.247. The summed E-state index contributed by atoms with van der Waals surface area (Å²) in [5.74, 6) is -0.338. The third kappa shape index (κ3) is 110. The summed E-state index contributed by atoms with van der Waals surface area (Å²) >= 11 is 0. The van der Waals surface area contributed by atoms with Crippen LogP contribution in [0.1, 0.15) is 55.7 Å². The van der Waals surface area contributed by atoms with Crippen LogP contribution in [-0.4, -0.2) is 95.9 Å². The molecule has 2 fully saturated rings. The van der Waals surface area contributed by atoms with Crippen molar-refractivity contribution in [1.82, 2.24) is 0 Å². The minimum atomic E-state index is -0.893. The smallest absolute Gasteiger partial charge is 0.144 e. The molecule has 0 aromatic rings. The Morgan fingerprint density at radius 1 is 0.638 bits per heavy atom. The molecular weight excluding hydrogens is 2340 g/mol. The van der Waals surface area contributed by atoms with Crippen molar-refractivity contribution >= 4 is 7.85 Å². The van der Waals surface area contributed by atoms with Crippen molar-refractivity contribution in [2.24, 2.45) is 11.8 Å². The molecule has 0 aromatic carbocycles. The van der Waals surface area contributed by atoms with Crippen molar-refractivity contribution in [3.8, 4) is 0 Å². The minimum absolute atomic E-state index is 0. The van der Waals surface area contributed by atoms with Crippen LogP contribution in [-0.2, 0) is 701 Å². The molecule has 0 bridgehead atoms. The standard InChI is InChI=1S/C15H27BN2O4.3C3H7O.3CH3.21Y/c1-4-10-8(3)13(19)12(18)15(22-10)20-6-9-5-7(2)11(17)14(16)21-9;3*1-3(2)4;;;;;;;;;;;;;;;;;;;;;;;;/h7-15,17-19H,4-6H2,1-3H3;3*3-4H,1H2,2H3;3*1H3;;;;;;;;;;;;;;;;;;;;;/q-2;6*-1;;;;;;;;;;;;;;;;;;;;;/t7-,8+,9?,10?,11?,12?,13-,14-,15+;3*3-;;;;;;;;;;;;;;;;;;;;;;;;/m0000......................../s1/i5D;;;;;;;;;;;;;;;;;;;;;;;;;;;/t5-,7-,8+,9?,10?,11?,12?,13-,14-,15+;;;;;;;;;;;;;;;;;;;;;;;;;;;. The van der Waals surface area contributed by atoms with Gasteiger partial charge in [-0.15, -0.1) is 6.04 Å². The van der Waals surface area contributed by atoms with Crippen molar-refractivity contribution in [1.29, 1.82) is 0 Å². The van der Waals surface area contributed by atoms with Crippen LogP contribution >= 0.6 is 0 Å². The Balaban J connectivity index is -0.0000000114. The average Bonchev–Trinajstić information content (AvgIpc) is 2.72. The van der Waals surface area contributed by atoms with E-state index in [0.29, 0.717) is 0 Å². The first-order chi connectivity index (χ1) is 16.0. The summed E-state index contributed by atoms with van der Waals surface area (Å²) in [6, 6.07) is -2.26. The first kappa shape index (κ1) is 165. The Hall–Kier alpha value is 22.9. The Morgan fingerprint density at radius 3 is 1.14 bits per heavy atom. The van der Waals surface area contributed by atoms with Gasteiger partial charge >= 0.3 is 0 Å². The van der Waals surface area contributed by atoms with Gasteiger partial charge in [-0.05, 0) is 12.8 Å². The zero-order valence-corrected chi connectivity index (χ0v) is 96.4. The molecule has 2 aliphatic rings. The largest absolute Gasteiger partial charge is 0.673 e. The molecule has 0 spiro atoms. The molecule has 0 aliphatic carbocycles. The summed E-state index contributed by atoms with van der Waals surface area (Å²) < 4.78 is 25.1. The number of rotatable bonds is 4. The van der Waals surface area contributed by atoms with Gasteiger partial charge in [-0.2, -0.15) is 0 Å². The minimum Gasteiger partial charge on any atom is -0.673 e. The van der Waals surface area contributed by atoms with Crippen LogP contribution in [0.5, 0.6) is 0 Å². The van der Waals surface area contributed by atoms with Crippen LogP contribution in [0.3, 0.4) is 0 Å². The van der Waals surface area contributed by atoms with Gasteiger partial charge in [-0.1, -0.05) is 71.8 Å². The first-order valence-corrected chi connectivity index (χ1v) is 11.7. The molecule has 31 heteroatoms. The summed E-state index contributed by atoms with van der Waals surface area (Å²) in [5, 5.41) is 34.0. The molecule has 0 saturated carbocycles. The second-order valence-electron chi connectivity index (χ2n) is 8.92. The molecule has 2 rings (SSSR count). The molecule has 2 heterocycles. The predicted molar refractivity (Wildman–Crippen MR) is 155 cm³/mol. The number of nitrogens with one attached hydrogen (secondary N) is 2. The van der Waals surface area contributed by atoms with Crippen LogP contribution in [0.4, 0.5) is 0 Å². The average molecular weight is 2400 g/mol. The fraction of sp³-hybridized carbons (Fsp3) is 0.778. The van der Waals surface area contributed by atoms with Gasteiger partial charge in [-0.3, -0.25) is 0 Å². The molecule has 6 N–H and O–H groups in total. The summed E-state index contributed by atoms with van der Waals surface area (Å²) in [4.78, 5) is 0. The fourth-order valence-corrected chi connectivity index (χ4v) is 3.07. The van der Waals surface area contributed by atoms with E-state index in [1.165, 1.54) is 0 Å².